The van der Waals surface area contributed by atoms with Gasteiger partial charge in [0.2, 0.25) is 0 Å². The largest absolute Gasteiger partial charge is 0.444 e. The number of hydrogen-bond donors (Lipinski definition) is 1. The number of fused-ring (bicyclic) bond motifs is 2. The number of likely N-dealkylation sites (tertiary alicyclic amines) is 1. The Bertz CT molecular complexity index is 357. The van der Waals surface area contributed by atoms with Crippen LogP contribution in [0.5, 0.6) is 0 Å². The molecule has 4 nitrogen and oxygen atoms in total. The monoisotopic (exact) mass is 252 g/mol. The van der Waals surface area contributed by atoms with E-state index in [0.29, 0.717) is 17.4 Å². The van der Waals surface area contributed by atoms with E-state index in [0.717, 1.165) is 19.6 Å². The lowest BCUT2D eigenvalue weighted by molar-refractivity contribution is 0.00434. The quantitative estimate of drug-likeness (QED) is 0.717. The van der Waals surface area contributed by atoms with Gasteiger partial charge < -0.3 is 15.0 Å². The third kappa shape index (κ3) is 2.11. The number of nitrogens with one attached hydrogen (secondary N) is 1. The SMILES string of the molecule is CC(C)(C)OC(=O)N1CC2CCNC2C2(CC2)C1. The standard InChI is InChI=1S/C14H24N2O2/c1-13(2,3)18-12(17)16-8-10-4-7-15-11(10)14(9-16)5-6-14/h10-11,15H,4-9H2,1-3H3. The third-order valence-corrected chi connectivity index (χ3v) is 4.52. The van der Waals surface area contributed by atoms with E-state index >= 15 is 0 Å². The van der Waals surface area contributed by atoms with Crippen molar-refractivity contribution in [2.75, 3.05) is 19.6 Å². The van der Waals surface area contributed by atoms with Gasteiger partial charge in [0, 0.05) is 24.5 Å². The second-order valence-corrected chi connectivity index (χ2v) is 7.20. The summed E-state index contributed by atoms with van der Waals surface area (Å²) < 4.78 is 5.51. The van der Waals surface area contributed by atoms with Gasteiger partial charge in [-0.05, 0) is 52.5 Å². The normalized spacial score (nSPS) is 33.4. The molecule has 1 spiro atoms. The highest BCUT2D eigenvalue weighted by molar-refractivity contribution is 5.68. The summed E-state index contributed by atoms with van der Waals surface area (Å²) in [5.41, 5.74) is -0.0190. The van der Waals surface area contributed by atoms with E-state index in [2.05, 4.69) is 5.32 Å². The number of nitrogens with zero attached hydrogens (tertiary/aromatic N) is 1. The maximum absolute atomic E-state index is 12.2. The zero-order chi connectivity index (χ0) is 13.0. The molecule has 2 heterocycles. The average Bonchev–Trinajstić information content (AvgIpc) is 2.84. The molecule has 1 amide bonds. The van der Waals surface area contributed by atoms with Crippen molar-refractivity contribution in [1.29, 1.82) is 0 Å². The van der Waals surface area contributed by atoms with Crippen molar-refractivity contribution in [2.45, 2.75) is 51.7 Å². The molecule has 2 saturated heterocycles. The zero-order valence-corrected chi connectivity index (χ0v) is 11.7. The molecule has 0 aromatic heterocycles. The van der Waals surface area contributed by atoms with E-state index < -0.39 is 5.60 Å². The lowest BCUT2D eigenvalue weighted by atomic mass is 9.82. The van der Waals surface area contributed by atoms with Crippen molar-refractivity contribution in [3.63, 3.8) is 0 Å². The molecule has 2 unspecified atom stereocenters. The van der Waals surface area contributed by atoms with E-state index in [1.54, 1.807) is 0 Å². The number of piperidine rings is 1. The van der Waals surface area contributed by atoms with Crippen molar-refractivity contribution >= 4 is 6.09 Å². The topological polar surface area (TPSA) is 41.6 Å². The minimum Gasteiger partial charge on any atom is -0.444 e. The van der Waals surface area contributed by atoms with Gasteiger partial charge >= 0.3 is 6.09 Å². The molecule has 3 fully saturated rings. The van der Waals surface area contributed by atoms with Crippen LogP contribution < -0.4 is 5.32 Å². The van der Waals surface area contributed by atoms with Crippen molar-refractivity contribution in [3.8, 4) is 0 Å². The van der Waals surface area contributed by atoms with Gasteiger partial charge in [-0.1, -0.05) is 0 Å². The van der Waals surface area contributed by atoms with Crippen molar-refractivity contribution < 1.29 is 9.53 Å². The fourth-order valence-corrected chi connectivity index (χ4v) is 3.59. The first kappa shape index (κ1) is 12.3. The zero-order valence-electron chi connectivity index (χ0n) is 11.7. The van der Waals surface area contributed by atoms with Crippen LogP contribution in [0.3, 0.4) is 0 Å². The minimum atomic E-state index is -0.390. The average molecular weight is 252 g/mol. The van der Waals surface area contributed by atoms with Crippen LogP contribution in [0, 0.1) is 11.3 Å². The second kappa shape index (κ2) is 3.86. The lowest BCUT2D eigenvalue weighted by Crippen LogP contribution is -2.54. The first-order chi connectivity index (χ1) is 8.40. The molecule has 1 N–H and O–H groups in total. The van der Waals surface area contributed by atoms with Crippen molar-refractivity contribution in [3.05, 3.63) is 0 Å². The second-order valence-electron chi connectivity index (χ2n) is 7.20. The smallest absolute Gasteiger partial charge is 0.410 e. The Morgan fingerprint density at radius 3 is 2.72 bits per heavy atom. The van der Waals surface area contributed by atoms with Crippen LogP contribution in [0.25, 0.3) is 0 Å². The summed E-state index contributed by atoms with van der Waals surface area (Å²) in [7, 11) is 0. The van der Waals surface area contributed by atoms with E-state index in [1.165, 1.54) is 19.3 Å². The molecule has 0 radical (unpaired) electrons. The van der Waals surface area contributed by atoms with E-state index in [1.807, 2.05) is 25.7 Å². The number of hydrogen-bond acceptors (Lipinski definition) is 3. The van der Waals surface area contributed by atoms with Crippen LogP contribution in [-0.2, 0) is 4.74 Å². The van der Waals surface area contributed by atoms with Gasteiger partial charge in [0.15, 0.2) is 0 Å². The summed E-state index contributed by atoms with van der Waals surface area (Å²) in [5.74, 6) is 0.633. The summed E-state index contributed by atoms with van der Waals surface area (Å²) in [6.45, 7) is 8.66. The van der Waals surface area contributed by atoms with Crippen LogP contribution in [0.2, 0.25) is 0 Å². The predicted molar refractivity (Wildman–Crippen MR) is 69.4 cm³/mol. The highest BCUT2D eigenvalue weighted by Crippen LogP contribution is 2.55. The van der Waals surface area contributed by atoms with Crippen LogP contribution in [0.4, 0.5) is 4.79 Å². The number of amides is 1. The molecular weight excluding hydrogens is 228 g/mol. The first-order valence-electron chi connectivity index (χ1n) is 7.11. The van der Waals surface area contributed by atoms with Gasteiger partial charge in [-0.15, -0.1) is 0 Å². The first-order valence-corrected chi connectivity index (χ1v) is 7.11. The summed E-state index contributed by atoms with van der Waals surface area (Å²) in [4.78, 5) is 14.2. The molecule has 3 rings (SSSR count). The maximum atomic E-state index is 12.2. The van der Waals surface area contributed by atoms with Gasteiger partial charge in [-0.2, -0.15) is 0 Å². The number of rotatable bonds is 0. The van der Waals surface area contributed by atoms with Crippen LogP contribution in [0.1, 0.15) is 40.0 Å². The predicted octanol–water partition coefficient (Wildman–Crippen LogP) is 2.00. The molecule has 102 valence electrons. The Morgan fingerprint density at radius 2 is 2.11 bits per heavy atom. The molecule has 1 aliphatic carbocycles. The van der Waals surface area contributed by atoms with E-state index in [4.69, 9.17) is 4.74 Å². The van der Waals surface area contributed by atoms with Crippen LogP contribution in [0.15, 0.2) is 0 Å². The fraction of sp³-hybridized carbons (Fsp3) is 0.929. The van der Waals surface area contributed by atoms with Gasteiger partial charge in [0.05, 0.1) is 0 Å². The molecule has 2 aliphatic heterocycles. The summed E-state index contributed by atoms with van der Waals surface area (Å²) >= 11 is 0. The molecule has 3 aliphatic rings. The summed E-state index contributed by atoms with van der Waals surface area (Å²) in [6.07, 6.45) is 3.60. The Labute approximate surface area is 109 Å². The Kier molecular flexibility index (Phi) is 2.63. The highest BCUT2D eigenvalue weighted by Gasteiger charge is 2.57. The van der Waals surface area contributed by atoms with Gasteiger partial charge in [-0.25, -0.2) is 4.79 Å². The molecule has 0 bridgehead atoms. The van der Waals surface area contributed by atoms with Crippen LogP contribution >= 0.6 is 0 Å². The Hall–Kier alpha value is -0.770. The molecular formula is C14H24N2O2. The minimum absolute atomic E-state index is 0.126. The van der Waals surface area contributed by atoms with Crippen molar-refractivity contribution in [2.24, 2.45) is 11.3 Å². The molecule has 4 heteroatoms. The van der Waals surface area contributed by atoms with Gasteiger partial charge in [0.25, 0.3) is 0 Å². The lowest BCUT2D eigenvalue weighted by Gasteiger charge is -2.41. The number of carbonyl (C=O) groups is 1. The maximum Gasteiger partial charge on any atom is 0.410 e. The Balaban J connectivity index is 1.69. The summed E-state index contributed by atoms with van der Waals surface area (Å²) in [5, 5.41) is 3.64. The number of ether oxygens (including phenoxy) is 1. The fourth-order valence-electron chi connectivity index (χ4n) is 3.59. The highest BCUT2D eigenvalue weighted by atomic mass is 16.6. The van der Waals surface area contributed by atoms with E-state index in [-0.39, 0.29) is 6.09 Å². The van der Waals surface area contributed by atoms with Crippen molar-refractivity contribution in [1.82, 2.24) is 10.2 Å². The van der Waals surface area contributed by atoms with Gasteiger partial charge in [0.1, 0.15) is 5.60 Å². The van der Waals surface area contributed by atoms with Crippen LogP contribution in [-0.4, -0.2) is 42.3 Å². The molecule has 1 saturated carbocycles. The third-order valence-electron chi connectivity index (χ3n) is 4.52. The molecule has 0 aromatic carbocycles. The molecule has 0 aromatic rings. The molecule has 2 atom stereocenters. The van der Waals surface area contributed by atoms with Gasteiger partial charge in [-0.3, -0.25) is 0 Å². The Morgan fingerprint density at radius 1 is 1.39 bits per heavy atom. The summed E-state index contributed by atoms with van der Waals surface area (Å²) in [6, 6.07) is 0.649. The number of carbonyl (C=O) groups excluding carboxylic acids is 1. The van der Waals surface area contributed by atoms with E-state index in [9.17, 15) is 4.79 Å². The molecule has 18 heavy (non-hydrogen) atoms.